The van der Waals surface area contributed by atoms with Gasteiger partial charge in [-0.3, -0.25) is 9.69 Å². The minimum absolute atomic E-state index is 0.0370. The second kappa shape index (κ2) is 7.52. The van der Waals surface area contributed by atoms with Crippen molar-refractivity contribution in [1.82, 2.24) is 5.32 Å². The van der Waals surface area contributed by atoms with Gasteiger partial charge in [0.25, 0.3) is 11.6 Å². The van der Waals surface area contributed by atoms with Gasteiger partial charge in [-0.05, 0) is 36.5 Å². The smallest absolute Gasteiger partial charge is 0.329 e. The van der Waals surface area contributed by atoms with Crippen molar-refractivity contribution in [2.45, 2.75) is 44.9 Å². The monoisotopic (exact) mass is 393 g/mol. The number of anilines is 2. The van der Waals surface area contributed by atoms with Crippen LogP contribution < -0.4 is 15.5 Å². The van der Waals surface area contributed by atoms with Crippen LogP contribution in [0.3, 0.4) is 0 Å². The number of carbonyl (C=O) groups is 2. The predicted molar refractivity (Wildman–Crippen MR) is 112 cm³/mol. The van der Waals surface area contributed by atoms with E-state index in [9.17, 15) is 14.7 Å². The number of hydrogen-bond acceptors (Lipinski definition) is 3. The molecule has 4 atom stereocenters. The molecule has 2 aromatic rings. The molecule has 29 heavy (non-hydrogen) atoms. The molecule has 1 heterocycles. The lowest BCUT2D eigenvalue weighted by atomic mass is 9.78. The lowest BCUT2D eigenvalue weighted by Crippen LogP contribution is -2.64. The van der Waals surface area contributed by atoms with Gasteiger partial charge in [0.2, 0.25) is 0 Å². The van der Waals surface area contributed by atoms with Gasteiger partial charge in [-0.1, -0.05) is 63.1 Å². The van der Waals surface area contributed by atoms with Crippen molar-refractivity contribution in [3.05, 3.63) is 60.2 Å². The van der Waals surface area contributed by atoms with Gasteiger partial charge in [0.1, 0.15) is 0 Å². The SMILES string of the molecule is C[C@@H]1[C@@H](C)CCC[C@H]1NC(=O)[C@@]1(O)c2ccccc2NC(=O)N1c1ccccc1. The maximum atomic E-state index is 13.5. The highest BCUT2D eigenvalue weighted by Gasteiger charge is 2.52. The molecule has 1 aliphatic carbocycles. The van der Waals surface area contributed by atoms with Crippen LogP contribution in [0.25, 0.3) is 0 Å². The van der Waals surface area contributed by atoms with Gasteiger partial charge >= 0.3 is 6.03 Å². The van der Waals surface area contributed by atoms with E-state index < -0.39 is 17.7 Å². The normalized spacial score (nSPS) is 29.0. The summed E-state index contributed by atoms with van der Waals surface area (Å²) in [7, 11) is 0. The van der Waals surface area contributed by atoms with E-state index in [2.05, 4.69) is 24.5 Å². The minimum atomic E-state index is -2.14. The molecule has 0 bridgehead atoms. The standard InChI is InChI=1S/C23H27N3O3/c1-15-9-8-14-19(16(15)2)24-21(27)23(29)18-12-6-7-13-20(18)25-22(28)26(23)17-10-4-3-5-11-17/h3-7,10-13,15-16,19,29H,8-9,14H2,1-2H3,(H,24,27)(H,25,28)/t15-,16+,19+,23-/m0/s1. The van der Waals surface area contributed by atoms with E-state index in [4.69, 9.17) is 0 Å². The number of carbonyl (C=O) groups excluding carboxylic acids is 2. The highest BCUT2D eigenvalue weighted by atomic mass is 16.3. The van der Waals surface area contributed by atoms with Crippen LogP contribution in [0, 0.1) is 11.8 Å². The van der Waals surface area contributed by atoms with E-state index in [0.29, 0.717) is 28.8 Å². The molecule has 4 rings (SSSR count). The number of para-hydroxylation sites is 2. The Morgan fingerprint density at radius 2 is 1.79 bits per heavy atom. The Morgan fingerprint density at radius 3 is 2.55 bits per heavy atom. The van der Waals surface area contributed by atoms with Crippen LogP contribution in [0.2, 0.25) is 0 Å². The van der Waals surface area contributed by atoms with E-state index in [1.54, 1.807) is 48.5 Å². The van der Waals surface area contributed by atoms with Crippen LogP contribution in [0.4, 0.5) is 16.2 Å². The van der Waals surface area contributed by atoms with Crippen LogP contribution in [0.5, 0.6) is 0 Å². The van der Waals surface area contributed by atoms with Gasteiger partial charge in [-0.25, -0.2) is 4.79 Å². The Bertz CT molecular complexity index is 917. The molecule has 3 amide bonds. The minimum Gasteiger partial charge on any atom is -0.359 e. The highest BCUT2D eigenvalue weighted by Crippen LogP contribution is 2.40. The molecular formula is C23H27N3O3. The largest absolute Gasteiger partial charge is 0.359 e. The first-order chi connectivity index (χ1) is 13.9. The number of aliphatic hydroxyl groups is 1. The second-order valence-electron chi connectivity index (χ2n) is 8.17. The first kappa shape index (κ1) is 19.5. The summed E-state index contributed by atoms with van der Waals surface area (Å²) in [4.78, 5) is 27.7. The number of benzene rings is 2. The number of amides is 3. The molecule has 0 aromatic heterocycles. The molecule has 6 heteroatoms. The van der Waals surface area contributed by atoms with Gasteiger partial charge in [0.05, 0.1) is 5.69 Å². The molecule has 3 N–H and O–H groups in total. The lowest BCUT2D eigenvalue weighted by molar-refractivity contribution is -0.141. The summed E-state index contributed by atoms with van der Waals surface area (Å²) >= 11 is 0. The van der Waals surface area contributed by atoms with Crippen molar-refractivity contribution in [1.29, 1.82) is 0 Å². The molecule has 1 saturated carbocycles. The lowest BCUT2D eigenvalue weighted by Gasteiger charge is -2.44. The van der Waals surface area contributed by atoms with Crippen molar-refractivity contribution in [3.8, 4) is 0 Å². The number of nitrogens with one attached hydrogen (secondary N) is 2. The Labute approximate surface area is 170 Å². The molecule has 152 valence electrons. The maximum absolute atomic E-state index is 13.5. The van der Waals surface area contributed by atoms with E-state index in [-0.39, 0.29) is 6.04 Å². The maximum Gasteiger partial charge on any atom is 0.329 e. The molecular weight excluding hydrogens is 366 g/mol. The summed E-state index contributed by atoms with van der Waals surface area (Å²) < 4.78 is 0. The molecule has 1 fully saturated rings. The molecule has 1 aliphatic heterocycles. The third-order valence-corrected chi connectivity index (χ3v) is 6.43. The Hall–Kier alpha value is -2.86. The van der Waals surface area contributed by atoms with Crippen molar-refractivity contribution in [3.63, 3.8) is 0 Å². The quantitative estimate of drug-likeness (QED) is 0.741. The van der Waals surface area contributed by atoms with Crippen LogP contribution in [0.15, 0.2) is 54.6 Å². The third-order valence-electron chi connectivity index (χ3n) is 6.43. The summed E-state index contributed by atoms with van der Waals surface area (Å²) in [6.45, 7) is 4.33. The molecule has 6 nitrogen and oxygen atoms in total. The first-order valence-electron chi connectivity index (χ1n) is 10.2. The van der Waals surface area contributed by atoms with Gasteiger partial charge in [-0.15, -0.1) is 0 Å². The van der Waals surface area contributed by atoms with E-state index >= 15 is 0 Å². The summed E-state index contributed by atoms with van der Waals surface area (Å²) in [6, 6.07) is 15.1. The van der Waals surface area contributed by atoms with Crippen LogP contribution in [-0.2, 0) is 10.5 Å². The number of rotatable bonds is 3. The fourth-order valence-corrected chi connectivity index (χ4v) is 4.49. The fourth-order valence-electron chi connectivity index (χ4n) is 4.49. The number of nitrogens with zero attached hydrogens (tertiary/aromatic N) is 1. The first-order valence-corrected chi connectivity index (χ1v) is 10.2. The zero-order valence-electron chi connectivity index (χ0n) is 16.8. The Kier molecular flexibility index (Phi) is 5.04. The highest BCUT2D eigenvalue weighted by molar-refractivity contribution is 6.11. The fraction of sp³-hybridized carbons (Fsp3) is 0.391. The van der Waals surface area contributed by atoms with Gasteiger partial charge in [0, 0.05) is 17.3 Å². The summed E-state index contributed by atoms with van der Waals surface area (Å²) in [5, 5.41) is 17.7. The zero-order chi connectivity index (χ0) is 20.6. The van der Waals surface area contributed by atoms with E-state index in [0.717, 1.165) is 24.2 Å². The summed E-state index contributed by atoms with van der Waals surface area (Å²) in [5.41, 5.74) is -0.896. The summed E-state index contributed by atoms with van der Waals surface area (Å²) in [5.74, 6) is 0.222. The average Bonchev–Trinajstić information content (AvgIpc) is 2.72. The third kappa shape index (κ3) is 3.27. The van der Waals surface area contributed by atoms with Crippen LogP contribution in [0.1, 0.15) is 38.7 Å². The Morgan fingerprint density at radius 1 is 1.10 bits per heavy atom. The van der Waals surface area contributed by atoms with E-state index in [1.807, 2.05) is 6.07 Å². The van der Waals surface area contributed by atoms with Gasteiger partial charge < -0.3 is 15.7 Å². The summed E-state index contributed by atoms with van der Waals surface area (Å²) in [6.07, 6.45) is 3.04. The molecule has 2 aromatic carbocycles. The molecule has 0 spiro atoms. The average molecular weight is 393 g/mol. The topological polar surface area (TPSA) is 81.7 Å². The zero-order valence-corrected chi connectivity index (χ0v) is 16.8. The number of hydrogen-bond donors (Lipinski definition) is 3. The van der Waals surface area contributed by atoms with Crippen molar-refractivity contribution in [2.75, 3.05) is 10.2 Å². The van der Waals surface area contributed by atoms with Crippen LogP contribution >= 0.6 is 0 Å². The van der Waals surface area contributed by atoms with Crippen LogP contribution in [-0.4, -0.2) is 23.1 Å². The Balaban J connectivity index is 1.77. The van der Waals surface area contributed by atoms with E-state index in [1.165, 1.54) is 0 Å². The number of fused-ring (bicyclic) bond motifs is 1. The van der Waals surface area contributed by atoms with Gasteiger partial charge in [-0.2, -0.15) is 0 Å². The van der Waals surface area contributed by atoms with Crippen molar-refractivity contribution < 1.29 is 14.7 Å². The molecule has 0 saturated heterocycles. The van der Waals surface area contributed by atoms with Crippen molar-refractivity contribution in [2.24, 2.45) is 11.8 Å². The molecule has 0 radical (unpaired) electrons. The van der Waals surface area contributed by atoms with Crippen molar-refractivity contribution >= 4 is 23.3 Å². The molecule has 0 unspecified atom stereocenters. The van der Waals surface area contributed by atoms with Gasteiger partial charge in [0.15, 0.2) is 0 Å². The second-order valence-corrected chi connectivity index (χ2v) is 8.17. The predicted octanol–water partition coefficient (Wildman–Crippen LogP) is 3.82. The molecule has 2 aliphatic rings. The number of urea groups is 1.